The summed E-state index contributed by atoms with van der Waals surface area (Å²) in [6.07, 6.45) is 0.725. The fourth-order valence-electron chi connectivity index (χ4n) is 0.799. The van der Waals surface area contributed by atoms with Crippen molar-refractivity contribution >= 4 is 34.5 Å². The van der Waals surface area contributed by atoms with Crippen molar-refractivity contribution in [1.82, 2.24) is 0 Å². The normalized spacial score (nSPS) is 27.9. The summed E-state index contributed by atoms with van der Waals surface area (Å²) in [6.45, 7) is 3.24. The highest BCUT2D eigenvalue weighted by molar-refractivity contribution is 14.1. The van der Waals surface area contributed by atoms with Crippen LogP contribution in [-0.2, 0) is 19.1 Å². The first kappa shape index (κ1) is 9.50. The number of cyclic esters (lactones) is 1. The molecule has 0 aromatic rings. The fourth-order valence-corrected chi connectivity index (χ4v) is 1.48. The first-order valence-corrected chi connectivity index (χ1v) is 4.54. The predicted molar refractivity (Wildman–Crippen MR) is 48.6 cm³/mol. The SMILES string of the molecule is C=CC(=O)OC1CC(=O)OC1I. The van der Waals surface area contributed by atoms with Crippen molar-refractivity contribution in [3.8, 4) is 0 Å². The zero-order valence-corrected chi connectivity index (χ0v) is 8.31. The smallest absolute Gasteiger partial charge is 0.330 e. The van der Waals surface area contributed by atoms with E-state index >= 15 is 0 Å². The van der Waals surface area contributed by atoms with Gasteiger partial charge in [-0.05, 0) is 22.6 Å². The Labute approximate surface area is 83.0 Å². The third-order valence-electron chi connectivity index (χ3n) is 1.34. The molecular weight excluding hydrogens is 275 g/mol. The van der Waals surface area contributed by atoms with Gasteiger partial charge in [-0.25, -0.2) is 4.79 Å². The van der Waals surface area contributed by atoms with E-state index in [1.165, 1.54) is 0 Å². The Bertz CT molecular complexity index is 225. The Kier molecular flexibility index (Phi) is 3.07. The number of carbonyl (C=O) groups excluding carboxylic acids is 2. The van der Waals surface area contributed by atoms with Gasteiger partial charge >= 0.3 is 11.9 Å². The fraction of sp³-hybridized carbons (Fsp3) is 0.429. The molecule has 0 saturated carbocycles. The van der Waals surface area contributed by atoms with Gasteiger partial charge < -0.3 is 9.47 Å². The Balaban J connectivity index is 2.48. The average Bonchev–Trinajstić information content (AvgIpc) is 2.30. The number of ether oxygens (including phenoxy) is 2. The van der Waals surface area contributed by atoms with Gasteiger partial charge in [0.25, 0.3) is 0 Å². The molecule has 1 heterocycles. The van der Waals surface area contributed by atoms with Crippen LogP contribution in [0, 0.1) is 0 Å². The molecule has 1 fully saturated rings. The number of rotatable bonds is 2. The number of hydrogen-bond donors (Lipinski definition) is 0. The maximum absolute atomic E-state index is 10.7. The summed E-state index contributed by atoms with van der Waals surface area (Å²) in [7, 11) is 0. The van der Waals surface area contributed by atoms with E-state index in [0.717, 1.165) is 6.08 Å². The molecule has 1 aliphatic rings. The molecule has 1 aliphatic heterocycles. The van der Waals surface area contributed by atoms with Crippen LogP contribution in [0.4, 0.5) is 0 Å². The van der Waals surface area contributed by atoms with Crippen LogP contribution in [0.5, 0.6) is 0 Å². The lowest BCUT2D eigenvalue weighted by Crippen LogP contribution is -2.21. The Morgan fingerprint density at radius 2 is 2.50 bits per heavy atom. The van der Waals surface area contributed by atoms with Crippen molar-refractivity contribution in [3.63, 3.8) is 0 Å². The standard InChI is InChI=1S/C7H7IO4/c1-2-5(9)11-4-3-6(10)12-7(4)8/h2,4,7H,1,3H2. The lowest BCUT2D eigenvalue weighted by Gasteiger charge is -2.10. The van der Waals surface area contributed by atoms with Crippen LogP contribution in [0.1, 0.15) is 6.42 Å². The molecule has 1 saturated heterocycles. The summed E-state index contributed by atoms with van der Waals surface area (Å²) >= 11 is 1.90. The molecule has 0 aromatic heterocycles. The number of esters is 2. The highest BCUT2D eigenvalue weighted by atomic mass is 127. The molecular formula is C7H7IO4. The Hall–Kier alpha value is -0.590. The van der Waals surface area contributed by atoms with Crippen LogP contribution in [-0.4, -0.2) is 22.2 Å². The third-order valence-corrected chi connectivity index (χ3v) is 2.39. The van der Waals surface area contributed by atoms with E-state index in [1.54, 1.807) is 0 Å². The highest BCUT2D eigenvalue weighted by Gasteiger charge is 2.35. The van der Waals surface area contributed by atoms with Crippen molar-refractivity contribution < 1.29 is 19.1 Å². The van der Waals surface area contributed by atoms with Gasteiger partial charge in [0, 0.05) is 6.08 Å². The van der Waals surface area contributed by atoms with Crippen LogP contribution in [0.2, 0.25) is 0 Å². The van der Waals surface area contributed by atoms with Crippen molar-refractivity contribution in [2.24, 2.45) is 0 Å². The topological polar surface area (TPSA) is 52.6 Å². The second-order valence-corrected chi connectivity index (χ2v) is 3.45. The molecule has 2 atom stereocenters. The van der Waals surface area contributed by atoms with Gasteiger partial charge in [0.15, 0.2) is 10.2 Å². The lowest BCUT2D eigenvalue weighted by molar-refractivity contribution is -0.143. The van der Waals surface area contributed by atoms with Crippen LogP contribution >= 0.6 is 22.6 Å². The first-order valence-electron chi connectivity index (χ1n) is 3.30. The van der Waals surface area contributed by atoms with Gasteiger partial charge in [-0.2, -0.15) is 0 Å². The van der Waals surface area contributed by atoms with Gasteiger partial charge in [-0.1, -0.05) is 6.58 Å². The molecule has 1 rings (SSSR count). The molecule has 66 valence electrons. The van der Waals surface area contributed by atoms with Gasteiger partial charge in [-0.15, -0.1) is 0 Å². The summed E-state index contributed by atoms with van der Waals surface area (Å²) in [5.41, 5.74) is 0. The molecule has 0 aromatic carbocycles. The molecule has 0 N–H and O–H groups in total. The second-order valence-electron chi connectivity index (χ2n) is 2.22. The average molecular weight is 282 g/mol. The van der Waals surface area contributed by atoms with Gasteiger partial charge in [0.05, 0.1) is 6.42 Å². The van der Waals surface area contributed by atoms with Crippen molar-refractivity contribution in [1.29, 1.82) is 0 Å². The molecule has 0 spiro atoms. The minimum Gasteiger partial charge on any atom is -0.454 e. The number of hydrogen-bond acceptors (Lipinski definition) is 4. The van der Waals surface area contributed by atoms with E-state index in [-0.39, 0.29) is 16.5 Å². The summed E-state index contributed by atoms with van der Waals surface area (Å²) < 4.78 is 9.21. The molecule has 0 radical (unpaired) electrons. The molecule has 12 heavy (non-hydrogen) atoms. The quantitative estimate of drug-likeness (QED) is 0.325. The Morgan fingerprint density at radius 1 is 1.83 bits per heavy atom. The van der Waals surface area contributed by atoms with E-state index in [1.807, 2.05) is 22.6 Å². The number of carbonyl (C=O) groups is 2. The van der Waals surface area contributed by atoms with Crippen LogP contribution in [0.15, 0.2) is 12.7 Å². The lowest BCUT2D eigenvalue weighted by atomic mass is 10.3. The van der Waals surface area contributed by atoms with E-state index in [9.17, 15) is 9.59 Å². The van der Waals surface area contributed by atoms with E-state index in [0.29, 0.717) is 0 Å². The van der Waals surface area contributed by atoms with Crippen LogP contribution in [0.3, 0.4) is 0 Å². The van der Waals surface area contributed by atoms with E-state index < -0.39 is 12.1 Å². The summed E-state index contributed by atoms with van der Waals surface area (Å²) in [5.74, 6) is -0.865. The maximum Gasteiger partial charge on any atom is 0.330 e. The minimum absolute atomic E-state index is 0.132. The second kappa shape index (κ2) is 3.88. The summed E-state index contributed by atoms with van der Waals surface area (Å²) in [5, 5.41) is 0. The zero-order valence-electron chi connectivity index (χ0n) is 6.16. The van der Waals surface area contributed by atoms with E-state index in [2.05, 4.69) is 6.58 Å². The number of halogens is 1. The molecule has 0 aliphatic carbocycles. The summed E-state index contributed by atoms with van der Waals surface area (Å²) in [6, 6.07) is 0. The molecule has 5 heteroatoms. The zero-order chi connectivity index (χ0) is 9.14. The Morgan fingerprint density at radius 3 is 2.92 bits per heavy atom. The molecule has 4 nitrogen and oxygen atoms in total. The van der Waals surface area contributed by atoms with Crippen molar-refractivity contribution in [3.05, 3.63) is 12.7 Å². The van der Waals surface area contributed by atoms with Gasteiger partial charge in [0.1, 0.15) is 0 Å². The van der Waals surface area contributed by atoms with Crippen LogP contribution in [0.25, 0.3) is 0 Å². The van der Waals surface area contributed by atoms with Crippen molar-refractivity contribution in [2.75, 3.05) is 0 Å². The van der Waals surface area contributed by atoms with Gasteiger partial charge in [0.2, 0.25) is 0 Å². The highest BCUT2D eigenvalue weighted by Crippen LogP contribution is 2.23. The third kappa shape index (κ3) is 2.20. The minimum atomic E-state index is -0.528. The molecule has 0 bridgehead atoms. The van der Waals surface area contributed by atoms with Crippen molar-refractivity contribution in [2.45, 2.75) is 16.6 Å². The summed E-state index contributed by atoms with van der Waals surface area (Å²) in [4.78, 5) is 21.4. The van der Waals surface area contributed by atoms with Crippen LogP contribution < -0.4 is 0 Å². The monoisotopic (exact) mass is 282 g/mol. The number of alkyl halides is 1. The van der Waals surface area contributed by atoms with Gasteiger partial charge in [-0.3, -0.25) is 4.79 Å². The largest absolute Gasteiger partial charge is 0.454 e. The predicted octanol–water partition coefficient (Wildman–Crippen LogP) is 0.792. The van der Waals surface area contributed by atoms with E-state index in [4.69, 9.17) is 9.47 Å². The first-order chi connectivity index (χ1) is 5.63. The molecule has 0 amide bonds. The molecule has 2 unspecified atom stereocenters. The maximum atomic E-state index is 10.7.